The normalized spacial score (nSPS) is 32.9. The van der Waals surface area contributed by atoms with Crippen LogP contribution in [0.3, 0.4) is 0 Å². The van der Waals surface area contributed by atoms with Gasteiger partial charge in [-0.05, 0) is 12.8 Å². The summed E-state index contributed by atoms with van der Waals surface area (Å²) in [5.74, 6) is 6.72. The van der Waals surface area contributed by atoms with Crippen LogP contribution < -0.4 is 5.84 Å². The molecule has 2 N–H and O–H groups in total. The zero-order valence-corrected chi connectivity index (χ0v) is 10.9. The van der Waals surface area contributed by atoms with Crippen LogP contribution >= 0.6 is 15.9 Å². The van der Waals surface area contributed by atoms with Gasteiger partial charge in [-0.25, -0.2) is 0 Å². The topological polar surface area (TPSA) is 60.0 Å². The van der Waals surface area contributed by atoms with E-state index in [2.05, 4.69) is 25.9 Å². The molecular weight excluding hydrogens is 284 g/mol. The monoisotopic (exact) mass is 297 g/mol. The molecule has 0 spiro atoms. The molecule has 17 heavy (non-hydrogen) atoms. The summed E-state index contributed by atoms with van der Waals surface area (Å²) < 4.78 is 6.21. The first-order chi connectivity index (χ1) is 8.22. The van der Waals surface area contributed by atoms with Crippen molar-refractivity contribution in [2.75, 3.05) is 13.2 Å². The predicted molar refractivity (Wildman–Crippen MR) is 69.0 cm³/mol. The molecule has 1 atom stereocenters. The van der Waals surface area contributed by atoms with E-state index in [1.807, 2.05) is 12.4 Å². The third kappa shape index (κ3) is 1.72. The molecule has 6 heteroatoms. The average molecular weight is 298 g/mol. The molecule has 3 aliphatic heterocycles. The van der Waals surface area contributed by atoms with Gasteiger partial charge in [-0.3, -0.25) is 4.99 Å². The minimum Gasteiger partial charge on any atom is -0.381 e. The fraction of sp³-hybridized carbons (Fsp3) is 0.455. The highest BCUT2D eigenvalue weighted by Crippen LogP contribution is 2.37. The van der Waals surface area contributed by atoms with Crippen LogP contribution in [0.1, 0.15) is 12.8 Å². The number of ether oxygens (including phenoxy) is 1. The molecule has 0 amide bonds. The summed E-state index contributed by atoms with van der Waals surface area (Å²) in [4.78, 5) is 8.75. The van der Waals surface area contributed by atoms with Gasteiger partial charge in [0.05, 0.1) is 12.4 Å². The SMILES string of the molecule is N[N+]12C=CN=CC1=C(C1CCOCC1)N=C2Br. The van der Waals surface area contributed by atoms with E-state index in [1.54, 1.807) is 6.20 Å². The molecule has 0 aromatic carbocycles. The number of aliphatic imine (C=N–C) groups is 2. The molecule has 0 bridgehead atoms. The van der Waals surface area contributed by atoms with Crippen LogP contribution in [0.5, 0.6) is 0 Å². The Morgan fingerprint density at radius 2 is 2.18 bits per heavy atom. The first kappa shape index (κ1) is 11.3. The largest absolute Gasteiger partial charge is 0.381 e. The maximum Gasteiger partial charge on any atom is 0.301 e. The van der Waals surface area contributed by atoms with Crippen LogP contribution in [0.4, 0.5) is 0 Å². The summed E-state index contributed by atoms with van der Waals surface area (Å²) in [6.07, 6.45) is 7.34. The van der Waals surface area contributed by atoms with E-state index in [4.69, 9.17) is 10.6 Å². The van der Waals surface area contributed by atoms with Gasteiger partial charge in [0, 0.05) is 35.1 Å². The fourth-order valence-corrected chi connectivity index (χ4v) is 2.86. The molecule has 0 aromatic heterocycles. The van der Waals surface area contributed by atoms with Gasteiger partial charge < -0.3 is 4.74 Å². The Labute approximate surface area is 108 Å². The highest BCUT2D eigenvalue weighted by molar-refractivity contribution is 9.18. The molecule has 1 fully saturated rings. The molecule has 90 valence electrons. The van der Waals surface area contributed by atoms with Gasteiger partial charge in [-0.1, -0.05) is 0 Å². The second-order valence-corrected chi connectivity index (χ2v) is 5.10. The van der Waals surface area contributed by atoms with Gasteiger partial charge >= 0.3 is 4.74 Å². The minimum atomic E-state index is 0.107. The summed E-state index contributed by atoms with van der Waals surface area (Å²) >= 11 is 3.45. The molecule has 0 aliphatic carbocycles. The van der Waals surface area contributed by atoms with Gasteiger partial charge in [0.2, 0.25) is 5.70 Å². The van der Waals surface area contributed by atoms with Gasteiger partial charge in [0.15, 0.2) is 0 Å². The summed E-state index contributed by atoms with van der Waals surface area (Å²) in [7, 11) is 0. The molecular formula is C11H14BrN4O+. The molecule has 0 saturated carbocycles. The third-order valence-electron chi connectivity index (χ3n) is 3.37. The van der Waals surface area contributed by atoms with E-state index in [-0.39, 0.29) is 4.59 Å². The number of allylic oxidation sites excluding steroid dienone is 2. The van der Waals surface area contributed by atoms with Crippen molar-refractivity contribution >= 4 is 26.9 Å². The second kappa shape index (κ2) is 4.13. The minimum absolute atomic E-state index is 0.107. The zero-order chi connectivity index (χ0) is 11.9. The van der Waals surface area contributed by atoms with Crippen LogP contribution in [-0.4, -0.2) is 28.8 Å². The lowest BCUT2D eigenvalue weighted by molar-refractivity contribution is -0.746. The highest BCUT2D eigenvalue weighted by atomic mass is 79.9. The number of hydrogen-bond donors (Lipinski definition) is 1. The Balaban J connectivity index is 2.00. The first-order valence-electron chi connectivity index (χ1n) is 5.67. The number of amidine groups is 1. The Morgan fingerprint density at radius 3 is 2.94 bits per heavy atom. The van der Waals surface area contributed by atoms with Gasteiger partial charge in [0.25, 0.3) is 0 Å². The van der Waals surface area contributed by atoms with Crippen molar-refractivity contribution in [2.24, 2.45) is 21.7 Å². The highest BCUT2D eigenvalue weighted by Gasteiger charge is 2.43. The molecule has 0 aromatic rings. The molecule has 1 saturated heterocycles. The average Bonchev–Trinajstić information content (AvgIpc) is 2.63. The van der Waals surface area contributed by atoms with Crippen LogP contribution in [-0.2, 0) is 4.74 Å². The van der Waals surface area contributed by atoms with E-state index < -0.39 is 0 Å². The Kier molecular flexibility index (Phi) is 2.74. The van der Waals surface area contributed by atoms with Crippen molar-refractivity contribution in [3.05, 3.63) is 23.8 Å². The van der Waals surface area contributed by atoms with Crippen molar-refractivity contribution in [3.8, 4) is 0 Å². The summed E-state index contributed by atoms with van der Waals surface area (Å²) in [6.45, 7) is 1.60. The first-order valence-corrected chi connectivity index (χ1v) is 6.46. The van der Waals surface area contributed by atoms with Crippen LogP contribution in [0, 0.1) is 5.92 Å². The smallest absolute Gasteiger partial charge is 0.301 e. The molecule has 3 aliphatic rings. The number of fused-ring (bicyclic) bond motifs is 1. The lowest BCUT2D eigenvalue weighted by Gasteiger charge is -2.25. The number of hydrogen-bond acceptors (Lipinski definition) is 4. The lowest BCUT2D eigenvalue weighted by Crippen LogP contribution is -2.50. The maximum absolute atomic E-state index is 6.30. The van der Waals surface area contributed by atoms with Crippen molar-refractivity contribution < 1.29 is 9.33 Å². The van der Waals surface area contributed by atoms with E-state index in [0.29, 0.717) is 5.92 Å². The quantitative estimate of drug-likeness (QED) is 0.454. The van der Waals surface area contributed by atoms with E-state index in [9.17, 15) is 0 Å². The Bertz CT molecular complexity index is 462. The number of nitrogens with two attached hydrogens (primary N) is 1. The van der Waals surface area contributed by atoms with Crippen molar-refractivity contribution in [1.82, 2.24) is 0 Å². The number of quaternary nitrogens is 1. The van der Waals surface area contributed by atoms with Gasteiger partial charge in [-0.2, -0.15) is 10.8 Å². The van der Waals surface area contributed by atoms with Crippen LogP contribution in [0.15, 0.2) is 33.8 Å². The molecule has 1 unspecified atom stereocenters. The molecule has 3 rings (SSSR count). The third-order valence-corrected chi connectivity index (χ3v) is 4.14. The predicted octanol–water partition coefficient (Wildman–Crippen LogP) is 1.64. The van der Waals surface area contributed by atoms with E-state index in [1.165, 1.54) is 0 Å². The van der Waals surface area contributed by atoms with Crippen molar-refractivity contribution in [1.29, 1.82) is 0 Å². The Hall–Kier alpha value is -0.820. The maximum atomic E-state index is 6.30. The van der Waals surface area contributed by atoms with Crippen molar-refractivity contribution in [3.63, 3.8) is 0 Å². The summed E-state index contributed by atoms with van der Waals surface area (Å²) in [6, 6.07) is 0. The Morgan fingerprint density at radius 1 is 1.41 bits per heavy atom. The van der Waals surface area contributed by atoms with Crippen molar-refractivity contribution in [2.45, 2.75) is 12.8 Å². The number of halogens is 1. The fourth-order valence-electron chi connectivity index (χ4n) is 2.36. The van der Waals surface area contributed by atoms with Gasteiger partial charge in [0.1, 0.15) is 11.9 Å². The lowest BCUT2D eigenvalue weighted by atomic mass is 9.95. The van der Waals surface area contributed by atoms with Crippen LogP contribution in [0.25, 0.3) is 0 Å². The van der Waals surface area contributed by atoms with Gasteiger partial charge in [-0.15, -0.1) is 4.59 Å². The molecule has 0 radical (unpaired) electrons. The number of rotatable bonds is 1. The standard InChI is InChI=1S/C11H14BrN4O/c12-11-15-10(8-1-5-17-6-2-8)9-7-14-3-4-16(9,11)13/h3-4,7-8H,1-2,5-6,13H2/q+1. The zero-order valence-electron chi connectivity index (χ0n) is 9.34. The van der Waals surface area contributed by atoms with E-state index >= 15 is 0 Å². The summed E-state index contributed by atoms with van der Waals surface area (Å²) in [5.41, 5.74) is 2.02. The number of nitrogens with zero attached hydrogens (tertiary/aromatic N) is 3. The van der Waals surface area contributed by atoms with Crippen LogP contribution in [0.2, 0.25) is 0 Å². The summed E-state index contributed by atoms with van der Waals surface area (Å²) in [5, 5.41) is 0. The second-order valence-electron chi connectivity index (χ2n) is 4.39. The molecule has 5 nitrogen and oxygen atoms in total. The van der Waals surface area contributed by atoms with E-state index in [0.717, 1.165) is 42.2 Å². The molecule has 3 heterocycles.